The molecule has 2 aromatic rings. The van der Waals surface area contributed by atoms with Gasteiger partial charge in [0.2, 0.25) is 10.0 Å². The molecule has 1 heterocycles. The molecule has 0 amide bonds. The predicted molar refractivity (Wildman–Crippen MR) is 83.8 cm³/mol. The summed E-state index contributed by atoms with van der Waals surface area (Å²) in [5.41, 5.74) is 1.21. The van der Waals surface area contributed by atoms with Crippen LogP contribution in [0, 0.1) is 0 Å². The highest BCUT2D eigenvalue weighted by molar-refractivity contribution is 7.89. The highest BCUT2D eigenvalue weighted by atomic mass is 35.5. The fourth-order valence-corrected chi connectivity index (χ4v) is 3.94. The van der Waals surface area contributed by atoms with Crippen LogP contribution in [0.3, 0.4) is 0 Å². The maximum absolute atomic E-state index is 12.0. The highest BCUT2D eigenvalue weighted by Gasteiger charge is 2.11. The van der Waals surface area contributed by atoms with Crippen LogP contribution >= 0.6 is 22.9 Å². The fourth-order valence-electron chi connectivity index (χ4n) is 1.81. The Balaban J connectivity index is 1.81. The average Bonchev–Trinajstić information content (AvgIpc) is 2.93. The van der Waals surface area contributed by atoms with Gasteiger partial charge in [0.05, 0.1) is 10.8 Å². The molecule has 0 aliphatic heterocycles. The lowest BCUT2D eigenvalue weighted by molar-refractivity contribution is 0.579. The Hall–Kier alpha value is -0.880. The number of hydrogen-bond acceptors (Lipinski definition) is 3. The lowest BCUT2D eigenvalue weighted by atomic mass is 10.2. The van der Waals surface area contributed by atoms with E-state index in [0.717, 1.165) is 17.7 Å². The van der Waals surface area contributed by atoms with Gasteiger partial charge in [0, 0.05) is 11.4 Å². The second kappa shape index (κ2) is 7.22. The molecule has 0 saturated heterocycles. The Kier molecular flexibility index (Phi) is 5.60. The molecule has 0 atom stereocenters. The van der Waals surface area contributed by atoms with E-state index in [9.17, 15) is 8.42 Å². The molecule has 1 aromatic carbocycles. The van der Waals surface area contributed by atoms with Crippen LogP contribution in [0.1, 0.15) is 16.9 Å². The minimum atomic E-state index is -3.38. The summed E-state index contributed by atoms with van der Waals surface area (Å²) in [4.78, 5) is 1.45. The zero-order valence-electron chi connectivity index (χ0n) is 10.9. The van der Waals surface area contributed by atoms with E-state index in [1.165, 1.54) is 5.56 Å². The number of thiophene rings is 1. The summed E-state index contributed by atoms with van der Waals surface area (Å²) in [6.07, 6.45) is 1.62. The first-order valence-corrected chi connectivity index (χ1v) is 9.18. The minimum Gasteiger partial charge on any atom is -0.211 e. The largest absolute Gasteiger partial charge is 0.240 e. The maximum atomic E-state index is 12.0. The predicted octanol–water partition coefficient (Wildman–Crippen LogP) is 3.40. The van der Waals surface area contributed by atoms with Crippen molar-refractivity contribution in [2.75, 3.05) is 6.54 Å². The van der Waals surface area contributed by atoms with Gasteiger partial charge >= 0.3 is 0 Å². The van der Waals surface area contributed by atoms with Gasteiger partial charge in [0.15, 0.2) is 0 Å². The number of rotatable bonds is 7. The van der Waals surface area contributed by atoms with E-state index in [1.54, 1.807) is 41.7 Å². The summed E-state index contributed by atoms with van der Waals surface area (Å²) < 4.78 is 26.6. The first-order chi connectivity index (χ1) is 9.62. The summed E-state index contributed by atoms with van der Waals surface area (Å²) in [7, 11) is -3.38. The Morgan fingerprint density at radius 3 is 2.60 bits per heavy atom. The molecular formula is C14H16ClNO2S2. The van der Waals surface area contributed by atoms with Crippen molar-refractivity contribution in [3.63, 3.8) is 0 Å². The Bertz CT molecular complexity index is 638. The number of alkyl halides is 1. The van der Waals surface area contributed by atoms with Crippen LogP contribution in [0.15, 0.2) is 46.7 Å². The molecule has 3 nitrogen and oxygen atoms in total. The molecule has 1 aromatic heterocycles. The van der Waals surface area contributed by atoms with Crippen molar-refractivity contribution in [1.29, 1.82) is 0 Å². The molecule has 0 fully saturated rings. The summed E-state index contributed by atoms with van der Waals surface area (Å²) in [5.74, 6) is 0.533. The van der Waals surface area contributed by atoms with E-state index in [2.05, 4.69) is 16.2 Å². The van der Waals surface area contributed by atoms with Crippen molar-refractivity contribution in [1.82, 2.24) is 4.72 Å². The van der Waals surface area contributed by atoms with E-state index in [4.69, 9.17) is 11.6 Å². The number of benzene rings is 1. The van der Waals surface area contributed by atoms with E-state index in [-0.39, 0.29) is 0 Å². The molecule has 0 saturated carbocycles. The van der Waals surface area contributed by atoms with Gasteiger partial charge in [-0.2, -0.15) is 0 Å². The van der Waals surface area contributed by atoms with Gasteiger partial charge in [-0.25, -0.2) is 13.1 Å². The Morgan fingerprint density at radius 2 is 1.95 bits per heavy atom. The van der Waals surface area contributed by atoms with Gasteiger partial charge in [-0.05, 0) is 42.0 Å². The second-order valence-electron chi connectivity index (χ2n) is 4.37. The highest BCUT2D eigenvalue weighted by Crippen LogP contribution is 2.17. The molecule has 0 bridgehead atoms. The van der Waals surface area contributed by atoms with Crippen LogP contribution in [0.2, 0.25) is 0 Å². The van der Waals surface area contributed by atoms with Crippen molar-refractivity contribution in [3.05, 3.63) is 52.2 Å². The smallest absolute Gasteiger partial charge is 0.211 e. The third-order valence-electron chi connectivity index (χ3n) is 2.83. The Morgan fingerprint density at radius 1 is 1.20 bits per heavy atom. The third kappa shape index (κ3) is 4.31. The van der Waals surface area contributed by atoms with Crippen LogP contribution < -0.4 is 4.72 Å². The van der Waals surface area contributed by atoms with Crippen molar-refractivity contribution < 1.29 is 8.42 Å². The van der Waals surface area contributed by atoms with Gasteiger partial charge < -0.3 is 0 Å². The lowest BCUT2D eigenvalue weighted by Crippen LogP contribution is -2.25. The monoisotopic (exact) mass is 329 g/mol. The average molecular weight is 330 g/mol. The molecular weight excluding hydrogens is 314 g/mol. The number of hydrogen-bond donors (Lipinski definition) is 1. The van der Waals surface area contributed by atoms with Crippen LogP contribution in [0.25, 0.3) is 0 Å². The van der Waals surface area contributed by atoms with Gasteiger partial charge in [0.25, 0.3) is 0 Å². The summed E-state index contributed by atoms with van der Waals surface area (Å²) in [5, 5.41) is 2.07. The molecule has 0 spiro atoms. The van der Waals surface area contributed by atoms with E-state index in [0.29, 0.717) is 17.3 Å². The first-order valence-electron chi connectivity index (χ1n) is 6.29. The summed E-state index contributed by atoms with van der Waals surface area (Å²) in [6.45, 7) is 0.434. The number of sulfonamides is 1. The molecule has 1 N–H and O–H groups in total. The SMILES string of the molecule is O=S(=O)(NCCCc1csc(CCl)c1)c1ccccc1. The molecule has 0 aliphatic carbocycles. The number of aryl methyl sites for hydroxylation is 1. The minimum absolute atomic E-state index is 0.306. The molecule has 6 heteroatoms. The topological polar surface area (TPSA) is 46.2 Å². The van der Waals surface area contributed by atoms with Crippen LogP contribution in [-0.4, -0.2) is 15.0 Å². The fraction of sp³-hybridized carbons (Fsp3) is 0.286. The van der Waals surface area contributed by atoms with E-state index < -0.39 is 10.0 Å². The molecule has 108 valence electrons. The van der Waals surface area contributed by atoms with E-state index in [1.807, 2.05) is 0 Å². The zero-order chi connectivity index (χ0) is 14.4. The molecule has 2 rings (SSSR count). The molecule has 0 aliphatic rings. The van der Waals surface area contributed by atoms with Gasteiger partial charge in [-0.15, -0.1) is 22.9 Å². The normalized spacial score (nSPS) is 11.7. The number of halogens is 1. The van der Waals surface area contributed by atoms with Crippen molar-refractivity contribution in [3.8, 4) is 0 Å². The van der Waals surface area contributed by atoms with Crippen molar-refractivity contribution in [2.24, 2.45) is 0 Å². The van der Waals surface area contributed by atoms with Gasteiger partial charge in [0.1, 0.15) is 0 Å². The third-order valence-corrected chi connectivity index (χ3v) is 5.74. The lowest BCUT2D eigenvalue weighted by Gasteiger charge is -2.06. The summed E-state index contributed by atoms with van der Waals surface area (Å²) in [6, 6.07) is 10.5. The quantitative estimate of drug-likeness (QED) is 0.625. The zero-order valence-corrected chi connectivity index (χ0v) is 13.3. The van der Waals surface area contributed by atoms with Gasteiger partial charge in [-0.3, -0.25) is 0 Å². The molecule has 0 radical (unpaired) electrons. The molecule has 20 heavy (non-hydrogen) atoms. The van der Waals surface area contributed by atoms with Crippen molar-refractivity contribution in [2.45, 2.75) is 23.6 Å². The van der Waals surface area contributed by atoms with Crippen molar-refractivity contribution >= 4 is 33.0 Å². The van der Waals surface area contributed by atoms with Crippen LogP contribution in [0.5, 0.6) is 0 Å². The summed E-state index contributed by atoms with van der Waals surface area (Å²) >= 11 is 7.39. The Labute approximate surface area is 128 Å². The van der Waals surface area contributed by atoms with Gasteiger partial charge in [-0.1, -0.05) is 18.2 Å². The van der Waals surface area contributed by atoms with Crippen LogP contribution in [-0.2, 0) is 22.3 Å². The van der Waals surface area contributed by atoms with E-state index >= 15 is 0 Å². The first kappa shape index (κ1) is 15.5. The molecule has 0 unspecified atom stereocenters. The standard InChI is InChI=1S/C14H16ClNO2S2/c15-10-13-9-12(11-19-13)5-4-8-16-20(17,18)14-6-2-1-3-7-14/h1-3,6-7,9,11,16H,4-5,8,10H2. The maximum Gasteiger partial charge on any atom is 0.240 e. The number of nitrogens with one attached hydrogen (secondary N) is 1. The van der Waals surface area contributed by atoms with Crippen LogP contribution in [0.4, 0.5) is 0 Å². The second-order valence-corrected chi connectivity index (χ2v) is 7.40.